The predicted molar refractivity (Wildman–Crippen MR) is 60.6 cm³/mol. The summed E-state index contributed by atoms with van der Waals surface area (Å²) in [6, 6.07) is 2.89. The number of carbonyl (C=O) groups is 1. The maximum absolute atomic E-state index is 13.7. The van der Waals surface area contributed by atoms with E-state index in [0.717, 1.165) is 4.68 Å². The molecule has 1 heterocycles. The Kier molecular flexibility index (Phi) is 3.24. The van der Waals surface area contributed by atoms with E-state index in [-0.39, 0.29) is 11.4 Å². The predicted octanol–water partition coefficient (Wildman–Crippen LogP) is 1.78. The van der Waals surface area contributed by atoms with Gasteiger partial charge >= 0.3 is 5.97 Å². The first-order chi connectivity index (χ1) is 8.50. The summed E-state index contributed by atoms with van der Waals surface area (Å²) < 4.78 is 14.7. The molecule has 94 valence electrons. The molecular weight excluding hydrogens is 263 g/mol. The Balaban J connectivity index is 2.55. The minimum atomic E-state index is -1.12. The number of aromatic nitrogens is 4. The van der Waals surface area contributed by atoms with Crippen LogP contribution in [0.3, 0.4) is 0 Å². The van der Waals surface area contributed by atoms with Gasteiger partial charge in [-0.15, -0.1) is 5.10 Å². The standard InChI is InChI=1S/C10H8ClFN4O2/c1-5(10(17)18)16-9(13-14-15-16)7-4-6(11)2-3-8(7)12/h2-5H,1H3,(H,17,18). The van der Waals surface area contributed by atoms with Crippen LogP contribution in [-0.2, 0) is 4.79 Å². The molecule has 2 rings (SSSR count). The number of halogens is 2. The van der Waals surface area contributed by atoms with Crippen LogP contribution in [-0.4, -0.2) is 31.3 Å². The van der Waals surface area contributed by atoms with Crippen LogP contribution >= 0.6 is 11.6 Å². The van der Waals surface area contributed by atoms with Gasteiger partial charge in [-0.3, -0.25) is 0 Å². The summed E-state index contributed by atoms with van der Waals surface area (Å²) in [5.74, 6) is -1.68. The number of tetrazole rings is 1. The van der Waals surface area contributed by atoms with Gasteiger partial charge in [0, 0.05) is 5.02 Å². The van der Waals surface area contributed by atoms with Crippen molar-refractivity contribution < 1.29 is 14.3 Å². The molecule has 0 radical (unpaired) electrons. The molecule has 1 N–H and O–H groups in total. The Morgan fingerprint density at radius 1 is 1.56 bits per heavy atom. The van der Waals surface area contributed by atoms with Crippen molar-refractivity contribution in [3.05, 3.63) is 29.0 Å². The van der Waals surface area contributed by atoms with E-state index in [1.54, 1.807) is 0 Å². The minimum Gasteiger partial charge on any atom is -0.480 e. The van der Waals surface area contributed by atoms with Gasteiger partial charge in [0.1, 0.15) is 5.82 Å². The Labute approximate surface area is 106 Å². The summed E-state index contributed by atoms with van der Waals surface area (Å²) in [6.07, 6.45) is 0. The van der Waals surface area contributed by atoms with Gasteiger partial charge in [0.15, 0.2) is 11.9 Å². The highest BCUT2D eigenvalue weighted by atomic mass is 35.5. The van der Waals surface area contributed by atoms with E-state index < -0.39 is 17.8 Å². The number of benzene rings is 1. The summed E-state index contributed by atoms with van der Waals surface area (Å²) >= 11 is 5.77. The molecule has 0 saturated carbocycles. The monoisotopic (exact) mass is 270 g/mol. The van der Waals surface area contributed by atoms with Crippen LogP contribution in [0.4, 0.5) is 4.39 Å². The molecule has 8 heteroatoms. The topological polar surface area (TPSA) is 80.9 Å². The first-order valence-corrected chi connectivity index (χ1v) is 5.34. The number of aliphatic carboxylic acids is 1. The van der Waals surface area contributed by atoms with Crippen molar-refractivity contribution in [3.63, 3.8) is 0 Å². The van der Waals surface area contributed by atoms with Gasteiger partial charge < -0.3 is 5.11 Å². The van der Waals surface area contributed by atoms with Gasteiger partial charge in [0.25, 0.3) is 0 Å². The summed E-state index contributed by atoms with van der Waals surface area (Å²) in [5, 5.41) is 19.8. The number of hydrogen-bond donors (Lipinski definition) is 1. The SMILES string of the molecule is CC(C(=O)O)n1nnnc1-c1cc(Cl)ccc1F. The maximum atomic E-state index is 13.7. The zero-order chi connectivity index (χ0) is 13.3. The third-order valence-electron chi connectivity index (χ3n) is 2.39. The number of carboxylic acid groups (broad SMARTS) is 1. The summed E-state index contributed by atoms with van der Waals surface area (Å²) in [7, 11) is 0. The molecule has 1 aromatic carbocycles. The van der Waals surface area contributed by atoms with Gasteiger partial charge in [-0.1, -0.05) is 11.6 Å². The number of nitrogens with zero attached hydrogens (tertiary/aromatic N) is 4. The van der Waals surface area contributed by atoms with Crippen LogP contribution < -0.4 is 0 Å². The van der Waals surface area contributed by atoms with Crippen molar-refractivity contribution in [2.45, 2.75) is 13.0 Å². The lowest BCUT2D eigenvalue weighted by Gasteiger charge is -2.09. The second-order valence-electron chi connectivity index (χ2n) is 3.59. The van der Waals surface area contributed by atoms with E-state index in [0.29, 0.717) is 5.02 Å². The zero-order valence-corrected chi connectivity index (χ0v) is 9.97. The van der Waals surface area contributed by atoms with E-state index in [1.807, 2.05) is 0 Å². The van der Waals surface area contributed by atoms with Crippen LogP contribution in [0.25, 0.3) is 11.4 Å². The zero-order valence-electron chi connectivity index (χ0n) is 9.21. The molecule has 6 nitrogen and oxygen atoms in total. The van der Waals surface area contributed by atoms with Crippen molar-refractivity contribution in [2.75, 3.05) is 0 Å². The second-order valence-corrected chi connectivity index (χ2v) is 4.02. The Hall–Kier alpha value is -2.02. The summed E-state index contributed by atoms with van der Waals surface area (Å²) in [5.41, 5.74) is 0.0561. The van der Waals surface area contributed by atoms with E-state index >= 15 is 0 Å². The fourth-order valence-corrected chi connectivity index (χ4v) is 1.58. The summed E-state index contributed by atoms with van der Waals surface area (Å²) in [6.45, 7) is 1.39. The number of hydrogen-bond acceptors (Lipinski definition) is 4. The molecule has 0 aliphatic carbocycles. The highest BCUT2D eigenvalue weighted by molar-refractivity contribution is 6.30. The van der Waals surface area contributed by atoms with E-state index in [2.05, 4.69) is 15.5 Å². The van der Waals surface area contributed by atoms with Gasteiger partial charge in [-0.25, -0.2) is 13.9 Å². The van der Waals surface area contributed by atoms with Gasteiger partial charge in [0.05, 0.1) is 5.56 Å². The van der Waals surface area contributed by atoms with Crippen molar-refractivity contribution in [2.24, 2.45) is 0 Å². The Morgan fingerprint density at radius 2 is 2.28 bits per heavy atom. The average Bonchev–Trinajstić information content (AvgIpc) is 2.80. The van der Waals surface area contributed by atoms with Crippen LogP contribution in [0.2, 0.25) is 5.02 Å². The van der Waals surface area contributed by atoms with Crippen molar-refractivity contribution in [3.8, 4) is 11.4 Å². The third kappa shape index (κ3) is 2.17. The summed E-state index contributed by atoms with van der Waals surface area (Å²) in [4.78, 5) is 10.9. The molecular formula is C10H8ClFN4O2. The lowest BCUT2D eigenvalue weighted by molar-refractivity contribution is -0.140. The molecule has 1 atom stereocenters. The van der Waals surface area contributed by atoms with E-state index in [9.17, 15) is 9.18 Å². The van der Waals surface area contributed by atoms with Gasteiger partial charge in [0.2, 0.25) is 0 Å². The fraction of sp³-hybridized carbons (Fsp3) is 0.200. The molecule has 0 saturated heterocycles. The van der Waals surface area contributed by atoms with Crippen molar-refractivity contribution in [1.29, 1.82) is 0 Å². The van der Waals surface area contributed by atoms with Crippen molar-refractivity contribution >= 4 is 17.6 Å². The Morgan fingerprint density at radius 3 is 2.94 bits per heavy atom. The fourth-order valence-electron chi connectivity index (χ4n) is 1.41. The molecule has 0 bridgehead atoms. The van der Waals surface area contributed by atoms with Crippen LogP contribution in [0.1, 0.15) is 13.0 Å². The quantitative estimate of drug-likeness (QED) is 0.919. The lowest BCUT2D eigenvalue weighted by Crippen LogP contribution is -2.18. The molecule has 0 aliphatic heterocycles. The third-order valence-corrected chi connectivity index (χ3v) is 2.62. The maximum Gasteiger partial charge on any atom is 0.328 e. The first kappa shape index (κ1) is 12.4. The van der Waals surface area contributed by atoms with E-state index in [1.165, 1.54) is 25.1 Å². The van der Waals surface area contributed by atoms with E-state index in [4.69, 9.17) is 16.7 Å². The molecule has 0 fully saturated rings. The molecule has 1 unspecified atom stereocenters. The second kappa shape index (κ2) is 4.69. The smallest absolute Gasteiger partial charge is 0.328 e. The van der Waals surface area contributed by atoms with Crippen LogP contribution in [0.15, 0.2) is 18.2 Å². The normalized spacial score (nSPS) is 12.4. The highest BCUT2D eigenvalue weighted by Gasteiger charge is 2.22. The molecule has 2 aromatic rings. The highest BCUT2D eigenvalue weighted by Crippen LogP contribution is 2.25. The first-order valence-electron chi connectivity index (χ1n) is 4.97. The molecule has 18 heavy (non-hydrogen) atoms. The number of rotatable bonds is 3. The van der Waals surface area contributed by atoms with Gasteiger partial charge in [-0.2, -0.15) is 0 Å². The van der Waals surface area contributed by atoms with Gasteiger partial charge in [-0.05, 0) is 35.5 Å². The average molecular weight is 271 g/mol. The van der Waals surface area contributed by atoms with Crippen molar-refractivity contribution in [1.82, 2.24) is 20.2 Å². The Bertz CT molecular complexity index is 601. The molecule has 0 spiro atoms. The molecule has 0 amide bonds. The molecule has 0 aliphatic rings. The lowest BCUT2D eigenvalue weighted by atomic mass is 10.2. The largest absolute Gasteiger partial charge is 0.480 e. The minimum absolute atomic E-state index is 0.0184. The number of carboxylic acids is 1. The van der Waals surface area contributed by atoms with Crippen LogP contribution in [0, 0.1) is 5.82 Å². The molecule has 1 aromatic heterocycles. The van der Waals surface area contributed by atoms with Crippen LogP contribution in [0.5, 0.6) is 0 Å².